The first-order valence-corrected chi connectivity index (χ1v) is 6.20. The van der Waals surface area contributed by atoms with Crippen molar-refractivity contribution in [1.29, 1.82) is 0 Å². The molecule has 4 nitrogen and oxygen atoms in total. The standard InChI is InChI=1S/C7H9NO3S2/c1-13(10,11)7-3-2-6(12-7)4-8-5-9/h2-3,5H,4H2,1H3,(H,8,9). The van der Waals surface area contributed by atoms with E-state index in [1.165, 1.54) is 11.3 Å². The Kier molecular flexibility index (Phi) is 3.05. The number of hydrogen-bond donors (Lipinski definition) is 1. The summed E-state index contributed by atoms with van der Waals surface area (Å²) >= 11 is 1.17. The molecule has 1 rings (SSSR count). The number of amides is 1. The molecule has 6 heteroatoms. The highest BCUT2D eigenvalue weighted by Crippen LogP contribution is 2.20. The molecule has 0 saturated carbocycles. The van der Waals surface area contributed by atoms with Crippen LogP contribution in [0.2, 0.25) is 0 Å². The van der Waals surface area contributed by atoms with Gasteiger partial charge in [-0.3, -0.25) is 4.79 Å². The molecule has 0 bridgehead atoms. The van der Waals surface area contributed by atoms with Crippen LogP contribution in [0.25, 0.3) is 0 Å². The summed E-state index contributed by atoms with van der Waals surface area (Å²) in [5.41, 5.74) is 0. The minimum Gasteiger partial charge on any atom is -0.354 e. The lowest BCUT2D eigenvalue weighted by Gasteiger charge is -1.92. The van der Waals surface area contributed by atoms with Crippen LogP contribution in [-0.4, -0.2) is 21.1 Å². The number of thiophene rings is 1. The molecule has 0 spiro atoms. The molecule has 1 heterocycles. The third kappa shape index (κ3) is 2.82. The van der Waals surface area contributed by atoms with E-state index in [4.69, 9.17) is 0 Å². The van der Waals surface area contributed by atoms with E-state index in [-0.39, 0.29) is 0 Å². The Morgan fingerprint density at radius 1 is 1.54 bits per heavy atom. The van der Waals surface area contributed by atoms with Gasteiger partial charge in [-0.2, -0.15) is 0 Å². The van der Waals surface area contributed by atoms with E-state index in [1.54, 1.807) is 12.1 Å². The molecular formula is C7H9NO3S2. The van der Waals surface area contributed by atoms with Gasteiger partial charge in [0, 0.05) is 11.1 Å². The van der Waals surface area contributed by atoms with Gasteiger partial charge in [-0.15, -0.1) is 11.3 Å². The molecule has 0 aliphatic carbocycles. The molecule has 0 saturated heterocycles. The van der Waals surface area contributed by atoms with Gasteiger partial charge in [0.05, 0.1) is 6.54 Å². The van der Waals surface area contributed by atoms with Gasteiger partial charge in [-0.25, -0.2) is 8.42 Å². The Hall–Kier alpha value is -0.880. The minimum absolute atomic E-state index is 0.329. The molecular weight excluding hydrogens is 210 g/mol. The second-order valence-electron chi connectivity index (χ2n) is 2.49. The number of carbonyl (C=O) groups excluding carboxylic acids is 1. The van der Waals surface area contributed by atoms with Crippen LogP contribution in [0.3, 0.4) is 0 Å². The summed E-state index contributed by atoms with van der Waals surface area (Å²) in [4.78, 5) is 10.8. The van der Waals surface area contributed by atoms with Gasteiger partial charge >= 0.3 is 0 Å². The van der Waals surface area contributed by atoms with Crippen LogP contribution in [0, 0.1) is 0 Å². The van der Waals surface area contributed by atoms with Gasteiger partial charge in [-0.05, 0) is 12.1 Å². The van der Waals surface area contributed by atoms with Crippen molar-refractivity contribution in [2.45, 2.75) is 10.8 Å². The average Bonchev–Trinajstić information content (AvgIpc) is 2.47. The van der Waals surface area contributed by atoms with E-state index >= 15 is 0 Å². The number of nitrogens with one attached hydrogen (secondary N) is 1. The zero-order chi connectivity index (χ0) is 9.90. The Labute approximate surface area is 80.5 Å². The Balaban J connectivity index is 2.81. The fourth-order valence-electron chi connectivity index (χ4n) is 0.795. The molecule has 0 atom stereocenters. The van der Waals surface area contributed by atoms with Crippen molar-refractivity contribution < 1.29 is 13.2 Å². The first-order chi connectivity index (χ1) is 6.04. The van der Waals surface area contributed by atoms with Crippen molar-refractivity contribution in [3.63, 3.8) is 0 Å². The molecule has 72 valence electrons. The summed E-state index contributed by atoms with van der Waals surface area (Å²) in [6.45, 7) is 0.379. The molecule has 0 unspecified atom stereocenters. The lowest BCUT2D eigenvalue weighted by Crippen LogP contribution is -2.07. The Morgan fingerprint density at radius 3 is 2.69 bits per heavy atom. The molecule has 0 fully saturated rings. The number of hydrogen-bond acceptors (Lipinski definition) is 4. The van der Waals surface area contributed by atoms with Gasteiger partial charge in [0.2, 0.25) is 6.41 Å². The van der Waals surface area contributed by atoms with Crippen molar-refractivity contribution in [3.05, 3.63) is 17.0 Å². The summed E-state index contributed by atoms with van der Waals surface area (Å²) in [6, 6.07) is 3.24. The smallest absolute Gasteiger partial charge is 0.207 e. The van der Waals surface area contributed by atoms with E-state index in [0.717, 1.165) is 11.1 Å². The predicted molar refractivity (Wildman–Crippen MR) is 50.3 cm³/mol. The topological polar surface area (TPSA) is 63.2 Å². The molecule has 1 N–H and O–H groups in total. The zero-order valence-corrected chi connectivity index (χ0v) is 8.61. The van der Waals surface area contributed by atoms with Gasteiger partial charge < -0.3 is 5.32 Å². The highest BCUT2D eigenvalue weighted by Gasteiger charge is 2.09. The third-order valence-corrected chi connectivity index (χ3v) is 4.27. The molecule has 1 aromatic rings. The highest BCUT2D eigenvalue weighted by atomic mass is 32.2. The summed E-state index contributed by atoms with van der Waals surface area (Å²) in [6.07, 6.45) is 1.75. The molecule has 1 aromatic heterocycles. The van der Waals surface area contributed by atoms with E-state index < -0.39 is 9.84 Å². The Morgan fingerprint density at radius 2 is 2.23 bits per heavy atom. The van der Waals surface area contributed by atoms with Crippen LogP contribution in [0.1, 0.15) is 4.88 Å². The summed E-state index contributed by atoms with van der Waals surface area (Å²) in [7, 11) is -3.10. The average molecular weight is 219 g/mol. The van der Waals surface area contributed by atoms with Gasteiger partial charge in [0.15, 0.2) is 9.84 Å². The third-order valence-electron chi connectivity index (χ3n) is 1.36. The number of rotatable bonds is 4. The van der Waals surface area contributed by atoms with Crippen molar-refractivity contribution in [2.75, 3.05) is 6.26 Å². The quantitative estimate of drug-likeness (QED) is 0.745. The molecule has 0 aliphatic heterocycles. The first-order valence-electron chi connectivity index (χ1n) is 3.50. The summed E-state index contributed by atoms with van der Waals surface area (Å²) in [5, 5.41) is 2.46. The van der Waals surface area contributed by atoms with Crippen LogP contribution < -0.4 is 5.32 Å². The normalized spacial score (nSPS) is 11.2. The van der Waals surface area contributed by atoms with Crippen LogP contribution >= 0.6 is 11.3 Å². The first kappa shape index (κ1) is 10.2. The molecule has 0 radical (unpaired) electrons. The van der Waals surface area contributed by atoms with Gasteiger partial charge in [0.25, 0.3) is 0 Å². The largest absolute Gasteiger partial charge is 0.354 e. The maximum absolute atomic E-state index is 11.0. The fourth-order valence-corrected chi connectivity index (χ4v) is 2.72. The van der Waals surface area contributed by atoms with Crippen LogP contribution in [0.15, 0.2) is 16.3 Å². The zero-order valence-electron chi connectivity index (χ0n) is 6.98. The highest BCUT2D eigenvalue weighted by molar-refractivity contribution is 7.92. The van der Waals surface area contributed by atoms with E-state index in [2.05, 4.69) is 5.32 Å². The van der Waals surface area contributed by atoms with E-state index in [9.17, 15) is 13.2 Å². The minimum atomic E-state index is -3.10. The Bertz CT molecular complexity index is 394. The maximum Gasteiger partial charge on any atom is 0.207 e. The van der Waals surface area contributed by atoms with E-state index in [1.807, 2.05) is 0 Å². The van der Waals surface area contributed by atoms with Crippen molar-refractivity contribution in [2.24, 2.45) is 0 Å². The second kappa shape index (κ2) is 3.89. The lowest BCUT2D eigenvalue weighted by molar-refractivity contribution is -0.109. The van der Waals surface area contributed by atoms with Crippen LogP contribution in [0.5, 0.6) is 0 Å². The predicted octanol–water partition coefficient (Wildman–Crippen LogP) is 0.398. The number of carbonyl (C=O) groups is 1. The summed E-state index contributed by atoms with van der Waals surface area (Å²) in [5.74, 6) is 0. The second-order valence-corrected chi connectivity index (χ2v) is 5.90. The van der Waals surface area contributed by atoms with Gasteiger partial charge in [-0.1, -0.05) is 0 Å². The number of sulfone groups is 1. The molecule has 0 aliphatic rings. The lowest BCUT2D eigenvalue weighted by atomic mass is 10.5. The van der Waals surface area contributed by atoms with Crippen molar-refractivity contribution in [1.82, 2.24) is 5.32 Å². The van der Waals surface area contributed by atoms with Gasteiger partial charge in [0.1, 0.15) is 4.21 Å². The monoisotopic (exact) mass is 219 g/mol. The molecule has 0 aromatic carbocycles. The SMILES string of the molecule is CS(=O)(=O)c1ccc(CNC=O)s1. The molecule has 13 heavy (non-hydrogen) atoms. The van der Waals surface area contributed by atoms with E-state index in [0.29, 0.717) is 17.2 Å². The van der Waals surface area contributed by atoms with Crippen molar-refractivity contribution >= 4 is 27.6 Å². The van der Waals surface area contributed by atoms with Crippen LogP contribution in [-0.2, 0) is 21.2 Å². The summed E-state index contributed by atoms with van der Waals surface area (Å²) < 4.78 is 22.4. The van der Waals surface area contributed by atoms with Crippen molar-refractivity contribution in [3.8, 4) is 0 Å². The fraction of sp³-hybridized carbons (Fsp3) is 0.286. The molecule has 1 amide bonds. The maximum atomic E-state index is 11.0. The van der Waals surface area contributed by atoms with Crippen LogP contribution in [0.4, 0.5) is 0 Å².